The van der Waals surface area contributed by atoms with E-state index >= 15 is 0 Å². The van der Waals surface area contributed by atoms with Crippen LogP contribution < -0.4 is 14.2 Å². The van der Waals surface area contributed by atoms with E-state index in [1.165, 1.54) is 19.2 Å². The molecule has 0 amide bonds. The number of likely N-dealkylation sites (N-methyl/N-ethyl adjacent to an activating group) is 1. The predicted molar refractivity (Wildman–Crippen MR) is 170 cm³/mol. The van der Waals surface area contributed by atoms with Crippen molar-refractivity contribution in [3.63, 3.8) is 0 Å². The quantitative estimate of drug-likeness (QED) is 0.127. The van der Waals surface area contributed by atoms with E-state index in [9.17, 15) is 19.2 Å². The Morgan fingerprint density at radius 1 is 0.674 bits per heavy atom. The third kappa shape index (κ3) is 9.17. The summed E-state index contributed by atoms with van der Waals surface area (Å²) in [5, 5.41) is 0. The summed E-state index contributed by atoms with van der Waals surface area (Å²) in [6.07, 6.45) is 3.88. The van der Waals surface area contributed by atoms with Crippen LogP contribution in [-0.2, 0) is 19.1 Å². The molecule has 3 aromatic rings. The lowest BCUT2D eigenvalue weighted by Crippen LogP contribution is -2.46. The molecule has 0 aliphatic heterocycles. The highest BCUT2D eigenvalue weighted by atomic mass is 16.6. The Labute approximate surface area is 269 Å². The Kier molecular flexibility index (Phi) is 11.9. The fourth-order valence-corrected chi connectivity index (χ4v) is 5.68. The Bertz CT molecular complexity index is 1480. The van der Waals surface area contributed by atoms with Gasteiger partial charge in [-0.05, 0) is 106 Å². The van der Waals surface area contributed by atoms with E-state index < -0.39 is 23.5 Å². The molecule has 244 valence electrons. The number of rotatable bonds is 13. The fourth-order valence-electron chi connectivity index (χ4n) is 5.68. The molecule has 0 saturated heterocycles. The summed E-state index contributed by atoms with van der Waals surface area (Å²) in [4.78, 5) is 52.3. The Morgan fingerprint density at radius 2 is 1.17 bits per heavy atom. The molecule has 0 heterocycles. The molecule has 0 aromatic heterocycles. The van der Waals surface area contributed by atoms with Crippen molar-refractivity contribution in [3.05, 3.63) is 89.5 Å². The molecule has 10 nitrogen and oxygen atoms in total. The van der Waals surface area contributed by atoms with Gasteiger partial charge in [-0.15, -0.1) is 0 Å². The van der Waals surface area contributed by atoms with Crippen molar-refractivity contribution in [3.8, 4) is 17.2 Å². The first-order chi connectivity index (χ1) is 22.1. The highest BCUT2D eigenvalue weighted by molar-refractivity contribution is 5.97. The Balaban J connectivity index is 1.39. The summed E-state index contributed by atoms with van der Waals surface area (Å²) < 4.78 is 27.0. The van der Waals surface area contributed by atoms with Crippen LogP contribution in [-0.4, -0.2) is 69.2 Å². The average Bonchev–Trinajstić information content (AvgIpc) is 3.07. The van der Waals surface area contributed by atoms with Gasteiger partial charge < -0.3 is 28.6 Å². The second-order valence-electron chi connectivity index (χ2n) is 11.6. The minimum atomic E-state index is -0.832. The lowest BCUT2D eigenvalue weighted by molar-refractivity contribution is -0.142. The SMILES string of the molecule is COc1ccc(C(=O)OC(=O)CCC(=O)Oc2ccc(C(CN(C)C)C3(OC(=O)c4ccc(OC)cc4)CCCCC3)cc2)cc1. The first-order valence-corrected chi connectivity index (χ1v) is 15.3. The Morgan fingerprint density at radius 3 is 1.70 bits per heavy atom. The average molecular weight is 632 g/mol. The maximum atomic E-state index is 13.4. The smallest absolute Gasteiger partial charge is 0.345 e. The molecule has 1 fully saturated rings. The zero-order valence-electron chi connectivity index (χ0n) is 26.8. The van der Waals surface area contributed by atoms with Crippen molar-refractivity contribution in [2.75, 3.05) is 34.9 Å². The predicted octanol–water partition coefficient (Wildman–Crippen LogP) is 5.98. The van der Waals surface area contributed by atoms with Crippen LogP contribution >= 0.6 is 0 Å². The molecule has 0 spiro atoms. The molecule has 1 unspecified atom stereocenters. The number of benzene rings is 3. The summed E-state index contributed by atoms with van der Waals surface area (Å²) in [5.41, 5.74) is 0.903. The molecule has 1 aliphatic carbocycles. The number of hydrogen-bond donors (Lipinski definition) is 0. The minimum absolute atomic E-state index is 0.132. The molecule has 1 atom stereocenters. The van der Waals surface area contributed by atoms with Crippen molar-refractivity contribution >= 4 is 23.9 Å². The van der Waals surface area contributed by atoms with E-state index in [4.69, 9.17) is 23.7 Å². The minimum Gasteiger partial charge on any atom is -0.497 e. The van der Waals surface area contributed by atoms with Crippen LogP contribution in [0.4, 0.5) is 0 Å². The maximum absolute atomic E-state index is 13.4. The highest BCUT2D eigenvalue weighted by Gasteiger charge is 2.44. The standard InChI is InChI=1S/C36H41NO9/c1-37(2)24-31(36(22-6-5-7-23-36)46-35(41)27-12-16-29(43-4)17-13-27)25-8-18-30(19-9-25)44-32(38)20-21-33(39)45-34(40)26-10-14-28(42-3)15-11-26/h8-19,31H,5-7,20-24H2,1-4H3. The lowest BCUT2D eigenvalue weighted by atomic mass is 9.72. The molecular weight excluding hydrogens is 590 g/mol. The van der Waals surface area contributed by atoms with E-state index in [2.05, 4.69) is 4.90 Å². The topological polar surface area (TPSA) is 118 Å². The number of esters is 4. The van der Waals surface area contributed by atoms with Gasteiger partial charge in [0.25, 0.3) is 0 Å². The molecule has 3 aromatic carbocycles. The largest absolute Gasteiger partial charge is 0.497 e. The Hall–Kier alpha value is -4.70. The van der Waals surface area contributed by atoms with Crippen LogP contribution in [0.3, 0.4) is 0 Å². The van der Waals surface area contributed by atoms with Gasteiger partial charge in [0.15, 0.2) is 0 Å². The van der Waals surface area contributed by atoms with Gasteiger partial charge in [-0.1, -0.05) is 18.6 Å². The van der Waals surface area contributed by atoms with Gasteiger partial charge in [-0.25, -0.2) is 9.59 Å². The second-order valence-corrected chi connectivity index (χ2v) is 11.6. The van der Waals surface area contributed by atoms with E-state index in [0.29, 0.717) is 29.4 Å². The molecule has 10 heteroatoms. The summed E-state index contributed by atoms with van der Waals surface area (Å²) >= 11 is 0. The van der Waals surface area contributed by atoms with Crippen LogP contribution in [0.1, 0.15) is 77.1 Å². The first kappa shape index (κ1) is 34.2. The van der Waals surface area contributed by atoms with Crippen molar-refractivity contribution < 1.29 is 42.9 Å². The molecule has 4 rings (SSSR count). The van der Waals surface area contributed by atoms with E-state index in [1.807, 2.05) is 26.2 Å². The summed E-state index contributed by atoms with van der Waals surface area (Å²) in [5.74, 6) is -1.24. The van der Waals surface area contributed by atoms with Crippen LogP contribution in [0, 0.1) is 0 Å². The van der Waals surface area contributed by atoms with Gasteiger partial charge in [0.05, 0.1) is 38.2 Å². The van der Waals surface area contributed by atoms with Gasteiger partial charge in [-0.3, -0.25) is 9.59 Å². The first-order valence-electron chi connectivity index (χ1n) is 15.3. The number of methoxy groups -OCH3 is 2. The van der Waals surface area contributed by atoms with Crippen LogP contribution in [0.5, 0.6) is 17.2 Å². The van der Waals surface area contributed by atoms with Crippen molar-refractivity contribution in [1.29, 1.82) is 0 Å². The third-order valence-corrected chi connectivity index (χ3v) is 8.08. The zero-order chi connectivity index (χ0) is 33.1. The normalized spacial score (nSPS) is 14.5. The number of hydrogen-bond acceptors (Lipinski definition) is 10. The lowest BCUT2D eigenvalue weighted by Gasteiger charge is -2.44. The van der Waals surface area contributed by atoms with Crippen LogP contribution in [0.2, 0.25) is 0 Å². The fraction of sp³-hybridized carbons (Fsp3) is 0.389. The molecule has 0 bridgehead atoms. The number of ether oxygens (including phenoxy) is 5. The van der Waals surface area contributed by atoms with Gasteiger partial charge in [0, 0.05) is 12.5 Å². The molecule has 1 aliphatic rings. The summed E-state index contributed by atoms with van der Waals surface area (Å²) in [7, 11) is 7.05. The van der Waals surface area contributed by atoms with Crippen molar-refractivity contribution in [1.82, 2.24) is 4.90 Å². The third-order valence-electron chi connectivity index (χ3n) is 8.08. The number of nitrogens with zero attached hydrogens (tertiary/aromatic N) is 1. The van der Waals surface area contributed by atoms with Crippen LogP contribution in [0.25, 0.3) is 0 Å². The van der Waals surface area contributed by atoms with Gasteiger partial charge >= 0.3 is 23.9 Å². The number of carbonyl (C=O) groups is 4. The van der Waals surface area contributed by atoms with Gasteiger partial charge in [-0.2, -0.15) is 0 Å². The van der Waals surface area contributed by atoms with Gasteiger partial charge in [0.1, 0.15) is 22.8 Å². The monoisotopic (exact) mass is 631 g/mol. The summed E-state index contributed by atoms with van der Waals surface area (Å²) in [6.45, 7) is 0.645. The van der Waals surface area contributed by atoms with Crippen LogP contribution in [0.15, 0.2) is 72.8 Å². The second kappa shape index (κ2) is 16.0. The number of carbonyl (C=O) groups excluding carboxylic acids is 4. The van der Waals surface area contributed by atoms with E-state index in [1.54, 1.807) is 55.6 Å². The van der Waals surface area contributed by atoms with Gasteiger partial charge in [0.2, 0.25) is 0 Å². The maximum Gasteiger partial charge on any atom is 0.345 e. The van der Waals surface area contributed by atoms with Crippen molar-refractivity contribution in [2.24, 2.45) is 0 Å². The zero-order valence-corrected chi connectivity index (χ0v) is 26.8. The summed E-state index contributed by atoms with van der Waals surface area (Å²) in [6, 6.07) is 20.2. The molecule has 1 saturated carbocycles. The molecule has 46 heavy (non-hydrogen) atoms. The van der Waals surface area contributed by atoms with E-state index in [0.717, 1.165) is 37.7 Å². The van der Waals surface area contributed by atoms with Crippen molar-refractivity contribution in [2.45, 2.75) is 56.5 Å². The molecular formula is C36H41NO9. The molecule has 0 radical (unpaired) electrons. The molecule has 0 N–H and O–H groups in total. The van der Waals surface area contributed by atoms with E-state index in [-0.39, 0.29) is 30.3 Å². The highest BCUT2D eigenvalue weighted by Crippen LogP contribution is 2.44.